The molecule has 31 heavy (non-hydrogen) atoms. The highest BCUT2D eigenvalue weighted by Gasteiger charge is 2.11. The second kappa shape index (κ2) is 11.2. The Morgan fingerprint density at radius 3 is 2.81 bits per heavy atom. The number of aromatic nitrogens is 3. The maximum Gasteiger partial charge on any atom is 0.338 e. The molecule has 0 unspecified atom stereocenters. The Hall–Kier alpha value is -3.33. The lowest BCUT2D eigenvalue weighted by atomic mass is 10.2. The minimum atomic E-state index is -0.409. The van der Waals surface area contributed by atoms with E-state index in [1.54, 1.807) is 24.3 Å². The van der Waals surface area contributed by atoms with E-state index in [1.807, 2.05) is 38.1 Å². The molecule has 0 aliphatic rings. The van der Waals surface area contributed by atoms with Crippen molar-refractivity contribution in [1.82, 2.24) is 15.2 Å². The van der Waals surface area contributed by atoms with E-state index in [0.29, 0.717) is 28.8 Å². The van der Waals surface area contributed by atoms with Crippen molar-refractivity contribution in [2.75, 3.05) is 17.7 Å². The van der Waals surface area contributed by atoms with Crippen molar-refractivity contribution in [2.45, 2.75) is 32.0 Å². The number of amides is 1. The van der Waals surface area contributed by atoms with Gasteiger partial charge in [0.2, 0.25) is 11.1 Å². The van der Waals surface area contributed by atoms with Gasteiger partial charge in [0.1, 0.15) is 12.4 Å². The quantitative estimate of drug-likeness (QED) is 0.363. The fraction of sp³-hybridized carbons (Fsp3) is 0.273. The van der Waals surface area contributed by atoms with Crippen molar-refractivity contribution in [2.24, 2.45) is 0 Å². The maximum absolute atomic E-state index is 12.2. The van der Waals surface area contributed by atoms with Crippen LogP contribution in [0.5, 0.6) is 5.75 Å². The Bertz CT molecular complexity index is 1040. The van der Waals surface area contributed by atoms with Crippen LogP contribution < -0.4 is 10.1 Å². The van der Waals surface area contributed by atoms with E-state index in [2.05, 4.69) is 20.5 Å². The van der Waals surface area contributed by atoms with Gasteiger partial charge in [-0.05, 0) is 49.2 Å². The molecule has 0 spiro atoms. The van der Waals surface area contributed by atoms with Gasteiger partial charge < -0.3 is 14.8 Å². The third-order valence-electron chi connectivity index (χ3n) is 4.03. The number of nitrogens with zero attached hydrogens (tertiary/aromatic N) is 2. The topological polar surface area (TPSA) is 106 Å². The van der Waals surface area contributed by atoms with Crippen LogP contribution >= 0.6 is 11.8 Å². The Kier molecular flexibility index (Phi) is 8.05. The van der Waals surface area contributed by atoms with Crippen molar-refractivity contribution in [3.8, 4) is 5.75 Å². The van der Waals surface area contributed by atoms with Gasteiger partial charge in [-0.25, -0.2) is 9.78 Å². The number of hydrogen-bond acceptors (Lipinski definition) is 7. The zero-order valence-electron chi connectivity index (χ0n) is 17.4. The molecule has 2 aromatic carbocycles. The number of thioether (sulfide) groups is 1. The van der Waals surface area contributed by atoms with Gasteiger partial charge in [0.15, 0.2) is 5.82 Å². The largest absolute Gasteiger partial charge is 0.486 e. The summed E-state index contributed by atoms with van der Waals surface area (Å²) in [6, 6.07) is 14.4. The van der Waals surface area contributed by atoms with Gasteiger partial charge >= 0.3 is 5.97 Å². The predicted molar refractivity (Wildman–Crippen MR) is 118 cm³/mol. The highest BCUT2D eigenvalue weighted by atomic mass is 32.2. The standard InChI is InChI=1S/C22H24N4O4S/c1-3-10-29-21(28)16-7-5-8-17(12-16)23-20(27)14-31-22-24-19(25-26-22)13-30-18-9-4-6-15(2)11-18/h4-9,11-12H,3,10,13-14H2,1-2H3,(H,23,27)(H,24,25,26). The van der Waals surface area contributed by atoms with Crippen molar-refractivity contribution in [3.05, 3.63) is 65.5 Å². The van der Waals surface area contributed by atoms with E-state index in [-0.39, 0.29) is 18.3 Å². The lowest BCUT2D eigenvalue weighted by Crippen LogP contribution is -2.15. The predicted octanol–water partition coefficient (Wildman–Crippen LogP) is 3.99. The van der Waals surface area contributed by atoms with Crippen molar-refractivity contribution in [3.63, 3.8) is 0 Å². The number of nitrogens with one attached hydrogen (secondary N) is 2. The minimum Gasteiger partial charge on any atom is -0.486 e. The van der Waals surface area contributed by atoms with Gasteiger partial charge in [0.05, 0.1) is 17.9 Å². The fourth-order valence-electron chi connectivity index (χ4n) is 2.59. The second-order valence-electron chi connectivity index (χ2n) is 6.72. The van der Waals surface area contributed by atoms with Gasteiger partial charge in [0, 0.05) is 5.69 Å². The van der Waals surface area contributed by atoms with Crippen LogP contribution in [0.1, 0.15) is 35.1 Å². The summed E-state index contributed by atoms with van der Waals surface area (Å²) in [5.41, 5.74) is 2.03. The molecular formula is C22H24N4O4S. The number of carbonyl (C=O) groups excluding carboxylic acids is 2. The van der Waals surface area contributed by atoms with E-state index in [4.69, 9.17) is 9.47 Å². The molecule has 0 radical (unpaired) electrons. The van der Waals surface area contributed by atoms with Crippen LogP contribution in [0.2, 0.25) is 0 Å². The summed E-state index contributed by atoms with van der Waals surface area (Å²) in [6.45, 7) is 4.54. The van der Waals surface area contributed by atoms with E-state index in [9.17, 15) is 9.59 Å². The Balaban J connectivity index is 1.46. The molecule has 3 rings (SSSR count). The first-order chi connectivity index (χ1) is 15.0. The molecule has 162 valence electrons. The van der Waals surface area contributed by atoms with Crippen LogP contribution in [0.15, 0.2) is 53.7 Å². The Morgan fingerprint density at radius 2 is 2.00 bits per heavy atom. The molecule has 1 amide bonds. The molecule has 2 N–H and O–H groups in total. The lowest BCUT2D eigenvalue weighted by Gasteiger charge is -2.07. The molecule has 0 atom stereocenters. The minimum absolute atomic E-state index is 0.126. The molecular weight excluding hydrogens is 416 g/mol. The molecule has 0 saturated carbocycles. The molecule has 1 aromatic heterocycles. The van der Waals surface area contributed by atoms with Gasteiger partial charge in [0.25, 0.3) is 0 Å². The van der Waals surface area contributed by atoms with Gasteiger partial charge in [-0.2, -0.15) is 0 Å². The van der Waals surface area contributed by atoms with Crippen molar-refractivity contribution in [1.29, 1.82) is 0 Å². The van der Waals surface area contributed by atoms with Crippen LogP contribution in [0.4, 0.5) is 5.69 Å². The average molecular weight is 441 g/mol. The summed E-state index contributed by atoms with van der Waals surface area (Å²) < 4.78 is 10.8. The molecule has 1 heterocycles. The summed E-state index contributed by atoms with van der Waals surface area (Å²) in [5.74, 6) is 0.814. The summed E-state index contributed by atoms with van der Waals surface area (Å²) in [5, 5.41) is 10.1. The first-order valence-electron chi connectivity index (χ1n) is 9.84. The zero-order valence-corrected chi connectivity index (χ0v) is 18.2. The summed E-state index contributed by atoms with van der Waals surface area (Å²) in [4.78, 5) is 28.5. The SMILES string of the molecule is CCCOC(=O)c1cccc(NC(=O)CSc2n[nH]c(COc3cccc(C)c3)n2)c1. The smallest absolute Gasteiger partial charge is 0.338 e. The molecule has 0 bridgehead atoms. The molecule has 9 heteroatoms. The van der Waals surface area contributed by atoms with Crippen LogP contribution in [0.3, 0.4) is 0 Å². The number of benzene rings is 2. The highest BCUT2D eigenvalue weighted by Crippen LogP contribution is 2.17. The third kappa shape index (κ3) is 7.14. The number of anilines is 1. The summed E-state index contributed by atoms with van der Waals surface area (Å²) in [6.07, 6.45) is 0.750. The Labute approximate surface area is 184 Å². The van der Waals surface area contributed by atoms with E-state index >= 15 is 0 Å². The third-order valence-corrected chi connectivity index (χ3v) is 4.88. The highest BCUT2D eigenvalue weighted by molar-refractivity contribution is 7.99. The van der Waals surface area contributed by atoms with E-state index in [0.717, 1.165) is 17.7 Å². The first kappa shape index (κ1) is 22.4. The number of carbonyl (C=O) groups is 2. The first-order valence-corrected chi connectivity index (χ1v) is 10.8. The number of aromatic amines is 1. The lowest BCUT2D eigenvalue weighted by molar-refractivity contribution is -0.113. The maximum atomic E-state index is 12.2. The molecule has 0 aliphatic heterocycles. The number of H-pyrrole nitrogens is 1. The van der Waals surface area contributed by atoms with Crippen LogP contribution in [0.25, 0.3) is 0 Å². The van der Waals surface area contributed by atoms with Crippen molar-refractivity contribution >= 4 is 29.3 Å². The Morgan fingerprint density at radius 1 is 1.16 bits per heavy atom. The number of esters is 1. The fourth-order valence-corrected chi connectivity index (χ4v) is 3.21. The number of hydrogen-bond donors (Lipinski definition) is 2. The van der Waals surface area contributed by atoms with Gasteiger partial charge in [-0.3, -0.25) is 9.89 Å². The van der Waals surface area contributed by atoms with Gasteiger partial charge in [-0.1, -0.05) is 36.9 Å². The summed E-state index contributed by atoms with van der Waals surface area (Å²) in [7, 11) is 0. The zero-order chi connectivity index (χ0) is 22.1. The number of rotatable bonds is 10. The van der Waals surface area contributed by atoms with Crippen LogP contribution in [-0.2, 0) is 16.1 Å². The molecule has 0 aliphatic carbocycles. The summed E-state index contributed by atoms with van der Waals surface area (Å²) >= 11 is 1.20. The number of aryl methyl sites for hydroxylation is 1. The molecule has 8 nitrogen and oxygen atoms in total. The second-order valence-corrected chi connectivity index (χ2v) is 7.67. The normalized spacial score (nSPS) is 10.5. The van der Waals surface area contributed by atoms with Crippen LogP contribution in [-0.4, -0.2) is 39.4 Å². The average Bonchev–Trinajstić information content (AvgIpc) is 3.23. The monoisotopic (exact) mass is 440 g/mol. The number of ether oxygens (including phenoxy) is 2. The van der Waals surface area contributed by atoms with Gasteiger partial charge in [-0.15, -0.1) is 5.10 Å². The van der Waals surface area contributed by atoms with Crippen LogP contribution in [0, 0.1) is 6.92 Å². The molecule has 0 fully saturated rings. The van der Waals surface area contributed by atoms with Crippen molar-refractivity contribution < 1.29 is 19.1 Å². The van der Waals surface area contributed by atoms with E-state index < -0.39 is 5.97 Å². The van der Waals surface area contributed by atoms with E-state index in [1.165, 1.54) is 11.8 Å². The molecule has 0 saturated heterocycles. The molecule has 3 aromatic rings.